The average Bonchev–Trinajstić information content (AvgIpc) is 2.67. The van der Waals surface area contributed by atoms with E-state index in [4.69, 9.17) is 4.98 Å². The first-order valence-corrected chi connectivity index (χ1v) is 6.79. The molecule has 3 heteroatoms. The van der Waals surface area contributed by atoms with Gasteiger partial charge in [0.05, 0.1) is 11.2 Å². The number of fused-ring (bicyclic) bond motifs is 1. The van der Waals surface area contributed by atoms with Gasteiger partial charge in [-0.05, 0) is 17.9 Å². The highest BCUT2D eigenvalue weighted by atomic mass is 15.1. The minimum absolute atomic E-state index is 0.414. The maximum Gasteiger partial charge on any atom is 0.117 e. The zero-order valence-corrected chi connectivity index (χ0v) is 12.2. The van der Waals surface area contributed by atoms with Gasteiger partial charge in [0.25, 0.3) is 0 Å². The summed E-state index contributed by atoms with van der Waals surface area (Å²) < 4.78 is 2.14. The predicted octanol–water partition coefficient (Wildman–Crippen LogP) is 4.10. The van der Waals surface area contributed by atoms with Crippen molar-refractivity contribution in [3.8, 4) is 0 Å². The highest BCUT2D eigenvalue weighted by molar-refractivity contribution is 5.55. The van der Waals surface area contributed by atoms with Crippen molar-refractivity contribution in [3.63, 3.8) is 0 Å². The first-order valence-electron chi connectivity index (χ1n) is 6.79. The second-order valence-corrected chi connectivity index (χ2v) is 5.89. The van der Waals surface area contributed by atoms with Crippen molar-refractivity contribution < 1.29 is 0 Å². The Morgan fingerprint density at radius 3 is 2.11 bits per heavy atom. The molecule has 3 nitrogen and oxygen atoms in total. The maximum absolute atomic E-state index is 4.81. The number of aromatic nitrogens is 3. The summed E-state index contributed by atoms with van der Waals surface area (Å²) in [5, 5.41) is 0. The Hall–Kier alpha value is -1.38. The molecule has 0 amide bonds. The van der Waals surface area contributed by atoms with E-state index in [0.29, 0.717) is 17.8 Å². The van der Waals surface area contributed by atoms with E-state index in [1.165, 1.54) is 11.2 Å². The van der Waals surface area contributed by atoms with Crippen molar-refractivity contribution >= 4 is 5.52 Å². The van der Waals surface area contributed by atoms with Crippen LogP contribution in [-0.4, -0.2) is 14.4 Å². The first-order chi connectivity index (χ1) is 8.41. The van der Waals surface area contributed by atoms with E-state index in [-0.39, 0.29) is 0 Å². The number of nitrogens with zero attached hydrogens (tertiary/aromatic N) is 3. The molecule has 18 heavy (non-hydrogen) atoms. The van der Waals surface area contributed by atoms with Gasteiger partial charge < -0.3 is 0 Å². The summed E-state index contributed by atoms with van der Waals surface area (Å²) in [5.74, 6) is 2.41. The van der Waals surface area contributed by atoms with Crippen molar-refractivity contribution in [1.82, 2.24) is 14.4 Å². The van der Waals surface area contributed by atoms with Crippen LogP contribution in [0.25, 0.3) is 5.52 Å². The summed E-state index contributed by atoms with van der Waals surface area (Å²) in [6, 6.07) is 2.19. The van der Waals surface area contributed by atoms with E-state index in [2.05, 4.69) is 57.0 Å². The molecule has 0 fully saturated rings. The molecule has 0 aliphatic carbocycles. The molecule has 0 saturated carbocycles. The van der Waals surface area contributed by atoms with Gasteiger partial charge in [0.1, 0.15) is 12.2 Å². The number of hydrogen-bond donors (Lipinski definition) is 0. The van der Waals surface area contributed by atoms with E-state index in [0.717, 1.165) is 11.5 Å². The quantitative estimate of drug-likeness (QED) is 0.815. The normalized spacial score (nSPS) is 12.3. The Kier molecular flexibility index (Phi) is 3.42. The molecule has 0 saturated heterocycles. The lowest BCUT2D eigenvalue weighted by atomic mass is 10.1. The molecule has 0 aliphatic rings. The van der Waals surface area contributed by atoms with E-state index in [1.54, 1.807) is 0 Å². The van der Waals surface area contributed by atoms with Crippen LogP contribution < -0.4 is 0 Å². The third-order valence-electron chi connectivity index (χ3n) is 3.27. The predicted molar refractivity (Wildman–Crippen MR) is 75.3 cm³/mol. The van der Waals surface area contributed by atoms with Crippen LogP contribution in [0.1, 0.15) is 76.5 Å². The maximum atomic E-state index is 4.81. The van der Waals surface area contributed by atoms with Crippen LogP contribution in [-0.2, 0) is 0 Å². The molecule has 2 aromatic rings. The fourth-order valence-corrected chi connectivity index (χ4v) is 2.20. The Morgan fingerprint density at radius 2 is 1.61 bits per heavy atom. The molecule has 0 atom stereocenters. The molecule has 2 aromatic heterocycles. The SMILES string of the molecule is CC(C)c1cc2c(C(C)C)nc(C(C)C)n2cn1. The Labute approximate surface area is 109 Å². The van der Waals surface area contributed by atoms with E-state index >= 15 is 0 Å². The largest absolute Gasteiger partial charge is 0.287 e. The molecular weight excluding hydrogens is 222 g/mol. The lowest BCUT2D eigenvalue weighted by Gasteiger charge is -2.08. The Balaban J connectivity index is 2.71. The summed E-state index contributed by atoms with van der Waals surface area (Å²) in [7, 11) is 0. The van der Waals surface area contributed by atoms with Crippen molar-refractivity contribution in [2.75, 3.05) is 0 Å². The van der Waals surface area contributed by atoms with Gasteiger partial charge in [-0.2, -0.15) is 0 Å². The van der Waals surface area contributed by atoms with Crippen LogP contribution in [0.3, 0.4) is 0 Å². The fourth-order valence-electron chi connectivity index (χ4n) is 2.20. The second-order valence-electron chi connectivity index (χ2n) is 5.89. The van der Waals surface area contributed by atoms with Crippen molar-refractivity contribution in [1.29, 1.82) is 0 Å². The monoisotopic (exact) mass is 245 g/mol. The van der Waals surface area contributed by atoms with E-state index in [9.17, 15) is 0 Å². The second kappa shape index (κ2) is 4.71. The van der Waals surface area contributed by atoms with Gasteiger partial charge in [-0.1, -0.05) is 41.5 Å². The Bertz CT molecular complexity index is 550. The molecule has 0 radical (unpaired) electrons. The molecule has 98 valence electrons. The van der Waals surface area contributed by atoms with Gasteiger partial charge in [0.2, 0.25) is 0 Å². The van der Waals surface area contributed by atoms with Crippen LogP contribution in [0.2, 0.25) is 0 Å². The summed E-state index contributed by atoms with van der Waals surface area (Å²) in [4.78, 5) is 9.36. The average molecular weight is 245 g/mol. The van der Waals surface area contributed by atoms with Crippen LogP contribution in [0.5, 0.6) is 0 Å². The van der Waals surface area contributed by atoms with Gasteiger partial charge in [0.15, 0.2) is 0 Å². The summed E-state index contributed by atoms with van der Waals surface area (Å²) in [6.45, 7) is 13.1. The number of rotatable bonds is 3. The lowest BCUT2D eigenvalue weighted by Crippen LogP contribution is -2.00. The third kappa shape index (κ3) is 2.14. The summed E-state index contributed by atoms with van der Waals surface area (Å²) >= 11 is 0. The molecule has 0 bridgehead atoms. The van der Waals surface area contributed by atoms with E-state index in [1.807, 2.05) is 6.33 Å². The topological polar surface area (TPSA) is 30.2 Å². The smallest absolute Gasteiger partial charge is 0.117 e. The third-order valence-corrected chi connectivity index (χ3v) is 3.27. The molecule has 0 aliphatic heterocycles. The van der Waals surface area contributed by atoms with Gasteiger partial charge in [-0.3, -0.25) is 4.40 Å². The van der Waals surface area contributed by atoms with Crippen LogP contribution in [0.4, 0.5) is 0 Å². The molecule has 0 N–H and O–H groups in total. The van der Waals surface area contributed by atoms with Gasteiger partial charge >= 0.3 is 0 Å². The molecular formula is C15H23N3. The zero-order valence-electron chi connectivity index (χ0n) is 12.2. The van der Waals surface area contributed by atoms with Gasteiger partial charge in [-0.15, -0.1) is 0 Å². The van der Waals surface area contributed by atoms with Crippen molar-refractivity contribution in [3.05, 3.63) is 29.6 Å². The summed E-state index contributed by atoms with van der Waals surface area (Å²) in [5.41, 5.74) is 3.54. The van der Waals surface area contributed by atoms with E-state index < -0.39 is 0 Å². The summed E-state index contributed by atoms with van der Waals surface area (Å²) in [6.07, 6.45) is 1.93. The molecule has 0 unspecified atom stereocenters. The van der Waals surface area contributed by atoms with Crippen LogP contribution in [0.15, 0.2) is 12.4 Å². The standard InChI is InChI=1S/C15H23N3/c1-9(2)12-7-13-14(10(3)4)17-15(11(5)6)18(13)8-16-12/h7-11H,1-6H3. The zero-order chi connectivity index (χ0) is 13.4. The molecule has 2 heterocycles. The fraction of sp³-hybridized carbons (Fsp3) is 0.600. The lowest BCUT2D eigenvalue weighted by molar-refractivity contribution is 0.745. The minimum Gasteiger partial charge on any atom is -0.287 e. The van der Waals surface area contributed by atoms with Crippen LogP contribution in [0, 0.1) is 0 Å². The first kappa shape index (κ1) is 13.1. The van der Waals surface area contributed by atoms with Crippen LogP contribution >= 0.6 is 0 Å². The van der Waals surface area contributed by atoms with Gasteiger partial charge in [-0.25, -0.2) is 9.97 Å². The highest BCUT2D eigenvalue weighted by Crippen LogP contribution is 2.26. The minimum atomic E-state index is 0.414. The molecule has 0 aromatic carbocycles. The van der Waals surface area contributed by atoms with Crippen molar-refractivity contribution in [2.24, 2.45) is 0 Å². The Morgan fingerprint density at radius 1 is 0.944 bits per heavy atom. The number of hydrogen-bond acceptors (Lipinski definition) is 2. The van der Waals surface area contributed by atoms with Crippen molar-refractivity contribution in [2.45, 2.75) is 59.3 Å². The highest BCUT2D eigenvalue weighted by Gasteiger charge is 2.17. The molecule has 2 rings (SSSR count). The number of imidazole rings is 1. The molecule has 0 spiro atoms. The van der Waals surface area contributed by atoms with Gasteiger partial charge in [0, 0.05) is 11.6 Å².